The van der Waals surface area contributed by atoms with Crippen LogP contribution in [0.4, 0.5) is 5.69 Å². The molecule has 2 rings (SSSR count). The third-order valence-electron chi connectivity index (χ3n) is 3.16. The number of aromatic nitrogens is 1. The zero-order chi connectivity index (χ0) is 14.0. The molecule has 1 aromatic heterocycles. The van der Waals surface area contributed by atoms with Crippen LogP contribution in [0.5, 0.6) is 0 Å². The first-order chi connectivity index (χ1) is 9.00. The normalized spacial score (nSPS) is 12.1. The molecule has 0 spiro atoms. The molecule has 1 aromatic carbocycles. The zero-order valence-corrected chi connectivity index (χ0v) is 10.7. The largest absolute Gasteiger partial charge is 0.301 e. The van der Waals surface area contributed by atoms with Gasteiger partial charge in [0, 0.05) is 11.6 Å². The molecule has 0 bridgehead atoms. The molecule has 1 heterocycles. The van der Waals surface area contributed by atoms with E-state index in [2.05, 4.69) is 0 Å². The minimum absolute atomic E-state index is 0.0395. The zero-order valence-electron chi connectivity index (χ0n) is 10.7. The summed E-state index contributed by atoms with van der Waals surface area (Å²) >= 11 is 0. The smallest absolute Gasteiger partial charge is 0.288 e. The summed E-state index contributed by atoms with van der Waals surface area (Å²) in [5, 5.41) is 10.9. The Balaban J connectivity index is 2.54. The molecule has 0 radical (unpaired) electrons. The van der Waals surface area contributed by atoms with Crippen molar-refractivity contribution in [2.45, 2.75) is 19.9 Å². The maximum Gasteiger partial charge on any atom is 0.288 e. The van der Waals surface area contributed by atoms with Gasteiger partial charge in [-0.3, -0.25) is 14.9 Å². The molecular formula is C14H14N2O3. The van der Waals surface area contributed by atoms with Gasteiger partial charge in [0.25, 0.3) is 11.2 Å². The molecule has 0 amide bonds. The number of nitro groups is 1. The number of benzene rings is 1. The predicted molar refractivity (Wildman–Crippen MR) is 72.3 cm³/mol. The maximum atomic E-state index is 12.0. The molecule has 2 aromatic rings. The van der Waals surface area contributed by atoms with E-state index in [0.29, 0.717) is 5.56 Å². The highest BCUT2D eigenvalue weighted by Crippen LogP contribution is 2.20. The molecule has 19 heavy (non-hydrogen) atoms. The fourth-order valence-corrected chi connectivity index (χ4v) is 2.02. The topological polar surface area (TPSA) is 65.1 Å². The van der Waals surface area contributed by atoms with Crippen molar-refractivity contribution in [3.63, 3.8) is 0 Å². The van der Waals surface area contributed by atoms with E-state index in [1.807, 2.05) is 37.3 Å². The molecule has 0 saturated carbocycles. The van der Waals surface area contributed by atoms with Crippen LogP contribution in [-0.2, 0) is 0 Å². The van der Waals surface area contributed by atoms with Crippen LogP contribution in [0.2, 0.25) is 0 Å². The molecule has 1 unspecified atom stereocenters. The van der Waals surface area contributed by atoms with Crippen molar-refractivity contribution in [2.75, 3.05) is 0 Å². The summed E-state index contributed by atoms with van der Waals surface area (Å²) < 4.78 is 1.39. The van der Waals surface area contributed by atoms with Crippen molar-refractivity contribution in [1.29, 1.82) is 0 Å². The lowest BCUT2D eigenvalue weighted by Crippen LogP contribution is -2.23. The van der Waals surface area contributed by atoms with Gasteiger partial charge < -0.3 is 4.57 Å². The lowest BCUT2D eigenvalue weighted by atomic mass is 10.1. The summed E-state index contributed by atoms with van der Waals surface area (Å²) in [5.41, 5.74) is 1.04. The van der Waals surface area contributed by atoms with Gasteiger partial charge in [-0.05, 0) is 19.4 Å². The third kappa shape index (κ3) is 2.54. The van der Waals surface area contributed by atoms with Crippen LogP contribution in [0.15, 0.2) is 47.4 Å². The Kier molecular flexibility index (Phi) is 3.46. The standard InChI is InChI=1S/C14H14N2O3/c1-10-8-14(17)15(9-13(10)16(18)19)11(2)12-6-4-3-5-7-12/h3-9,11H,1-2H3. The van der Waals surface area contributed by atoms with E-state index in [1.165, 1.54) is 16.8 Å². The number of nitrogens with zero attached hydrogens (tertiary/aromatic N) is 2. The summed E-state index contributed by atoms with van der Waals surface area (Å²) in [6.07, 6.45) is 1.31. The summed E-state index contributed by atoms with van der Waals surface area (Å²) in [4.78, 5) is 22.4. The van der Waals surface area contributed by atoms with E-state index in [4.69, 9.17) is 0 Å². The van der Waals surface area contributed by atoms with Crippen LogP contribution in [0.3, 0.4) is 0 Å². The van der Waals surface area contributed by atoms with Crippen molar-refractivity contribution in [1.82, 2.24) is 4.57 Å². The van der Waals surface area contributed by atoms with Gasteiger partial charge in [-0.25, -0.2) is 0 Å². The predicted octanol–water partition coefficient (Wildman–Crippen LogP) is 2.67. The first kappa shape index (κ1) is 13.0. The van der Waals surface area contributed by atoms with E-state index in [0.717, 1.165) is 5.56 Å². The van der Waals surface area contributed by atoms with Crippen molar-refractivity contribution in [3.05, 3.63) is 74.2 Å². The molecule has 0 N–H and O–H groups in total. The Morgan fingerprint density at radius 1 is 1.26 bits per heavy atom. The summed E-state index contributed by atoms with van der Waals surface area (Å²) in [5.74, 6) is 0. The number of hydrogen-bond acceptors (Lipinski definition) is 3. The number of aryl methyl sites for hydroxylation is 1. The van der Waals surface area contributed by atoms with Gasteiger partial charge in [0.15, 0.2) is 0 Å². The Bertz CT molecular complexity index is 662. The molecule has 1 atom stereocenters. The van der Waals surface area contributed by atoms with E-state index in [1.54, 1.807) is 6.92 Å². The fraction of sp³-hybridized carbons (Fsp3) is 0.214. The summed E-state index contributed by atoms with van der Waals surface area (Å²) in [6, 6.07) is 10.5. The van der Waals surface area contributed by atoms with Crippen molar-refractivity contribution >= 4 is 5.69 Å². The van der Waals surface area contributed by atoms with Gasteiger partial charge in [-0.2, -0.15) is 0 Å². The first-order valence-corrected chi connectivity index (χ1v) is 5.93. The van der Waals surface area contributed by atoms with Gasteiger partial charge in [-0.1, -0.05) is 30.3 Å². The Morgan fingerprint density at radius 2 is 1.89 bits per heavy atom. The molecule has 5 heteroatoms. The maximum absolute atomic E-state index is 12.0. The second-order valence-electron chi connectivity index (χ2n) is 4.43. The molecule has 0 aliphatic carbocycles. The average Bonchev–Trinajstić information content (AvgIpc) is 2.38. The number of rotatable bonds is 3. The monoisotopic (exact) mass is 258 g/mol. The highest BCUT2D eigenvalue weighted by Gasteiger charge is 2.16. The van der Waals surface area contributed by atoms with Crippen molar-refractivity contribution in [3.8, 4) is 0 Å². The Morgan fingerprint density at radius 3 is 2.47 bits per heavy atom. The molecule has 98 valence electrons. The SMILES string of the molecule is Cc1cc(=O)n(C(C)c2ccccc2)cc1[N+](=O)[O-]. The van der Waals surface area contributed by atoms with Gasteiger partial charge >= 0.3 is 0 Å². The molecular weight excluding hydrogens is 244 g/mol. The highest BCUT2D eigenvalue weighted by molar-refractivity contribution is 5.36. The minimum atomic E-state index is -0.469. The van der Waals surface area contributed by atoms with Crippen LogP contribution in [0.25, 0.3) is 0 Å². The van der Waals surface area contributed by atoms with Crippen LogP contribution in [0.1, 0.15) is 24.1 Å². The van der Waals surface area contributed by atoms with Crippen LogP contribution in [0, 0.1) is 17.0 Å². The van der Waals surface area contributed by atoms with Crippen molar-refractivity contribution < 1.29 is 4.92 Å². The van der Waals surface area contributed by atoms with Gasteiger partial charge in [0.1, 0.15) is 0 Å². The van der Waals surface area contributed by atoms with Crippen molar-refractivity contribution in [2.24, 2.45) is 0 Å². The van der Waals surface area contributed by atoms with E-state index < -0.39 is 4.92 Å². The van der Waals surface area contributed by atoms with E-state index in [9.17, 15) is 14.9 Å². The quantitative estimate of drug-likeness (QED) is 0.628. The third-order valence-corrected chi connectivity index (χ3v) is 3.16. The number of pyridine rings is 1. The molecule has 0 saturated heterocycles. The Labute approximate surface area is 110 Å². The van der Waals surface area contributed by atoms with E-state index in [-0.39, 0.29) is 17.3 Å². The number of hydrogen-bond donors (Lipinski definition) is 0. The minimum Gasteiger partial charge on any atom is -0.301 e. The highest BCUT2D eigenvalue weighted by atomic mass is 16.6. The molecule has 0 fully saturated rings. The Hall–Kier alpha value is -2.43. The van der Waals surface area contributed by atoms with Crippen LogP contribution < -0.4 is 5.56 Å². The van der Waals surface area contributed by atoms with E-state index >= 15 is 0 Å². The first-order valence-electron chi connectivity index (χ1n) is 5.93. The molecule has 5 nitrogen and oxygen atoms in total. The molecule has 0 aliphatic heterocycles. The molecule has 0 aliphatic rings. The summed E-state index contributed by atoms with van der Waals surface area (Å²) in [7, 11) is 0. The van der Waals surface area contributed by atoms with Gasteiger partial charge in [0.05, 0.1) is 17.2 Å². The summed E-state index contributed by atoms with van der Waals surface area (Å²) in [6.45, 7) is 3.41. The fourth-order valence-electron chi connectivity index (χ4n) is 2.02. The average molecular weight is 258 g/mol. The lowest BCUT2D eigenvalue weighted by molar-refractivity contribution is -0.386. The van der Waals surface area contributed by atoms with Gasteiger partial charge in [0.2, 0.25) is 0 Å². The second kappa shape index (κ2) is 5.06. The van der Waals surface area contributed by atoms with Crippen LogP contribution in [-0.4, -0.2) is 9.49 Å². The van der Waals surface area contributed by atoms with Crippen LogP contribution >= 0.6 is 0 Å². The second-order valence-corrected chi connectivity index (χ2v) is 4.43. The van der Waals surface area contributed by atoms with Gasteiger partial charge in [-0.15, -0.1) is 0 Å². The lowest BCUT2D eigenvalue weighted by Gasteiger charge is -2.15.